The molecule has 1 unspecified atom stereocenters. The van der Waals surface area contributed by atoms with E-state index in [9.17, 15) is 9.90 Å². The Kier molecular flexibility index (Phi) is 4.53. The first-order chi connectivity index (χ1) is 12.2. The van der Waals surface area contributed by atoms with Crippen molar-refractivity contribution >= 4 is 5.78 Å². The second-order valence-corrected chi connectivity index (χ2v) is 7.57. The van der Waals surface area contributed by atoms with Gasteiger partial charge >= 0.3 is 0 Å². The van der Waals surface area contributed by atoms with Crippen molar-refractivity contribution in [2.24, 2.45) is 17.8 Å². The number of aromatic nitrogens is 1. The Bertz CT molecular complexity index is 715. The molecule has 0 radical (unpaired) electrons. The predicted molar refractivity (Wildman–Crippen MR) is 96.5 cm³/mol. The number of pyridine rings is 1. The van der Waals surface area contributed by atoms with Crippen LogP contribution in [0, 0.1) is 17.8 Å². The Morgan fingerprint density at radius 3 is 2.44 bits per heavy atom. The van der Waals surface area contributed by atoms with E-state index in [2.05, 4.69) is 40.2 Å². The molecule has 2 heterocycles. The number of likely N-dealkylation sites (tertiary alicyclic amines) is 1. The summed E-state index contributed by atoms with van der Waals surface area (Å²) in [5, 5.41) is 9.28. The average molecular weight is 336 g/mol. The van der Waals surface area contributed by atoms with E-state index >= 15 is 0 Å². The molecular formula is C21H24N2O2. The van der Waals surface area contributed by atoms with Crippen molar-refractivity contribution in [3.63, 3.8) is 0 Å². The van der Waals surface area contributed by atoms with E-state index in [1.807, 2.05) is 0 Å². The minimum Gasteiger partial charge on any atom is -0.506 e. The zero-order chi connectivity index (χ0) is 17.2. The summed E-state index contributed by atoms with van der Waals surface area (Å²) in [6.07, 6.45) is 5.08. The summed E-state index contributed by atoms with van der Waals surface area (Å²) in [7, 11) is 0. The van der Waals surface area contributed by atoms with Gasteiger partial charge in [-0.2, -0.15) is 0 Å². The molecular weight excluding hydrogens is 312 g/mol. The monoisotopic (exact) mass is 336 g/mol. The zero-order valence-electron chi connectivity index (χ0n) is 14.3. The van der Waals surface area contributed by atoms with Gasteiger partial charge in [-0.15, -0.1) is 0 Å². The lowest BCUT2D eigenvalue weighted by atomic mass is 9.96. The molecule has 2 aliphatic rings. The highest BCUT2D eigenvalue weighted by Crippen LogP contribution is 2.42. The van der Waals surface area contributed by atoms with E-state index in [1.54, 1.807) is 6.07 Å². The molecule has 2 aromatic rings. The van der Waals surface area contributed by atoms with Gasteiger partial charge in [0, 0.05) is 13.1 Å². The second kappa shape index (κ2) is 6.96. The van der Waals surface area contributed by atoms with Crippen molar-refractivity contribution in [2.75, 3.05) is 19.6 Å². The largest absolute Gasteiger partial charge is 0.506 e. The molecule has 4 nitrogen and oxygen atoms in total. The third-order valence-electron chi connectivity index (χ3n) is 5.69. The number of ketones is 1. The van der Waals surface area contributed by atoms with Gasteiger partial charge in [-0.05, 0) is 54.7 Å². The van der Waals surface area contributed by atoms with Gasteiger partial charge in [-0.1, -0.05) is 30.3 Å². The molecule has 25 heavy (non-hydrogen) atoms. The van der Waals surface area contributed by atoms with Gasteiger partial charge in [-0.3, -0.25) is 9.69 Å². The lowest BCUT2D eigenvalue weighted by Gasteiger charge is -2.18. The molecule has 1 saturated carbocycles. The van der Waals surface area contributed by atoms with Crippen molar-refractivity contribution in [3.05, 3.63) is 59.9 Å². The number of Topliss-reactive ketones (excluding diaryl/α,β-unsaturated/α-hetero) is 1. The Hall–Kier alpha value is -2.20. The van der Waals surface area contributed by atoms with Crippen LogP contribution in [0.15, 0.2) is 48.7 Å². The molecule has 1 aliphatic carbocycles. The van der Waals surface area contributed by atoms with Gasteiger partial charge in [0.05, 0.1) is 12.7 Å². The van der Waals surface area contributed by atoms with Crippen LogP contribution in [0.2, 0.25) is 0 Å². The summed E-state index contributed by atoms with van der Waals surface area (Å²) in [6.45, 7) is 2.49. The van der Waals surface area contributed by atoms with Crippen molar-refractivity contribution in [1.82, 2.24) is 9.88 Å². The van der Waals surface area contributed by atoms with Crippen LogP contribution in [0.4, 0.5) is 0 Å². The standard InChI is InChI=1S/C21H24N2O2/c24-19-6-7-20(22-11-19)21(25)14-23-12-17-9-16(10-18(17)13-23)8-15-4-2-1-3-5-15/h1-7,11,16-18,24H,8-10,12-14H2/t16?,17-,18+. The zero-order valence-corrected chi connectivity index (χ0v) is 14.3. The third kappa shape index (κ3) is 3.74. The van der Waals surface area contributed by atoms with Crippen LogP contribution in [0.1, 0.15) is 28.9 Å². The second-order valence-electron chi connectivity index (χ2n) is 7.57. The number of fused-ring (bicyclic) bond motifs is 1. The molecule has 3 atom stereocenters. The first-order valence-electron chi connectivity index (χ1n) is 9.12. The maximum absolute atomic E-state index is 12.4. The highest BCUT2D eigenvalue weighted by Gasteiger charge is 2.41. The average Bonchev–Trinajstić information content (AvgIpc) is 3.14. The van der Waals surface area contributed by atoms with Gasteiger partial charge in [0.15, 0.2) is 5.78 Å². The smallest absolute Gasteiger partial charge is 0.195 e. The topological polar surface area (TPSA) is 53.4 Å². The van der Waals surface area contributed by atoms with Crippen molar-refractivity contribution < 1.29 is 9.90 Å². The normalized spacial score (nSPS) is 25.8. The summed E-state index contributed by atoms with van der Waals surface area (Å²) < 4.78 is 0. The summed E-state index contributed by atoms with van der Waals surface area (Å²) >= 11 is 0. The van der Waals surface area contributed by atoms with Crippen molar-refractivity contribution in [3.8, 4) is 5.75 Å². The minimum atomic E-state index is 0.0424. The van der Waals surface area contributed by atoms with Crippen LogP contribution < -0.4 is 0 Å². The number of nitrogens with zero attached hydrogens (tertiary/aromatic N) is 2. The maximum atomic E-state index is 12.4. The Balaban J connectivity index is 1.29. The van der Waals surface area contributed by atoms with Gasteiger partial charge in [0.1, 0.15) is 11.4 Å². The molecule has 1 N–H and O–H groups in total. The fraction of sp³-hybridized carbons (Fsp3) is 0.429. The molecule has 1 aromatic heterocycles. The number of benzene rings is 1. The molecule has 4 heteroatoms. The third-order valence-corrected chi connectivity index (χ3v) is 5.69. The highest BCUT2D eigenvalue weighted by atomic mass is 16.3. The molecule has 0 bridgehead atoms. The van der Waals surface area contributed by atoms with E-state index in [0.717, 1.165) is 30.8 Å². The summed E-state index contributed by atoms with van der Waals surface area (Å²) in [6, 6.07) is 13.9. The molecule has 1 saturated heterocycles. The van der Waals surface area contributed by atoms with E-state index in [-0.39, 0.29) is 11.5 Å². The number of hydrogen-bond acceptors (Lipinski definition) is 4. The van der Waals surface area contributed by atoms with Gasteiger partial charge < -0.3 is 5.11 Å². The van der Waals surface area contributed by atoms with Crippen LogP contribution in [0.3, 0.4) is 0 Å². The molecule has 1 aromatic carbocycles. The summed E-state index contributed by atoms with van der Waals surface area (Å²) in [5.74, 6) is 2.38. The number of rotatable bonds is 5. The minimum absolute atomic E-state index is 0.0424. The molecule has 4 rings (SSSR count). The summed E-state index contributed by atoms with van der Waals surface area (Å²) in [4.78, 5) is 18.7. The molecule has 1 aliphatic heterocycles. The van der Waals surface area contributed by atoms with Crippen LogP contribution in [-0.4, -0.2) is 40.4 Å². The molecule has 0 spiro atoms. The molecule has 130 valence electrons. The van der Waals surface area contributed by atoms with Gasteiger partial charge in [-0.25, -0.2) is 4.98 Å². The van der Waals surface area contributed by atoms with Gasteiger partial charge in [0.2, 0.25) is 0 Å². The van der Waals surface area contributed by atoms with E-state index < -0.39 is 0 Å². The van der Waals surface area contributed by atoms with Crippen LogP contribution in [0.5, 0.6) is 5.75 Å². The number of carbonyl (C=O) groups is 1. The highest BCUT2D eigenvalue weighted by molar-refractivity contribution is 5.95. The quantitative estimate of drug-likeness (QED) is 0.852. The number of carbonyl (C=O) groups excluding carboxylic acids is 1. The van der Waals surface area contributed by atoms with Crippen LogP contribution >= 0.6 is 0 Å². The number of hydrogen-bond donors (Lipinski definition) is 1. The maximum Gasteiger partial charge on any atom is 0.195 e. The van der Waals surface area contributed by atoms with Crippen molar-refractivity contribution in [1.29, 1.82) is 0 Å². The van der Waals surface area contributed by atoms with Gasteiger partial charge in [0.25, 0.3) is 0 Å². The van der Waals surface area contributed by atoms with E-state index in [1.165, 1.54) is 37.1 Å². The number of aromatic hydroxyl groups is 1. The Labute approximate surface area is 148 Å². The molecule has 0 amide bonds. The predicted octanol–water partition coefficient (Wildman–Crippen LogP) is 3.17. The lowest BCUT2D eigenvalue weighted by molar-refractivity contribution is 0.0935. The Morgan fingerprint density at radius 2 is 1.80 bits per heavy atom. The summed E-state index contributed by atoms with van der Waals surface area (Å²) in [5.41, 5.74) is 1.88. The SMILES string of the molecule is O=C(CN1C[C@H]2CC(Cc3ccccc3)C[C@H]2C1)c1ccc(O)cn1. The van der Waals surface area contributed by atoms with Crippen LogP contribution in [-0.2, 0) is 6.42 Å². The first kappa shape index (κ1) is 16.3. The van der Waals surface area contributed by atoms with E-state index in [0.29, 0.717) is 12.2 Å². The lowest BCUT2D eigenvalue weighted by Crippen LogP contribution is -2.29. The van der Waals surface area contributed by atoms with E-state index in [4.69, 9.17) is 0 Å². The van der Waals surface area contributed by atoms with Crippen LogP contribution in [0.25, 0.3) is 0 Å². The van der Waals surface area contributed by atoms with Crippen molar-refractivity contribution in [2.45, 2.75) is 19.3 Å². The molecule has 2 fully saturated rings. The Morgan fingerprint density at radius 1 is 1.08 bits per heavy atom. The fourth-order valence-corrected chi connectivity index (χ4v) is 4.60. The first-order valence-corrected chi connectivity index (χ1v) is 9.12. The fourth-order valence-electron chi connectivity index (χ4n) is 4.60.